The van der Waals surface area contributed by atoms with Crippen molar-refractivity contribution in [1.29, 1.82) is 0 Å². The van der Waals surface area contributed by atoms with E-state index in [2.05, 4.69) is 27.3 Å². The highest BCUT2D eigenvalue weighted by Crippen LogP contribution is 2.33. The normalized spacial score (nSPS) is 11.0. The van der Waals surface area contributed by atoms with Crippen LogP contribution in [0.2, 0.25) is 0 Å². The summed E-state index contributed by atoms with van der Waals surface area (Å²) < 4.78 is 1.76. The average Bonchev–Trinajstić information content (AvgIpc) is 3.11. The summed E-state index contributed by atoms with van der Waals surface area (Å²) in [7, 11) is 0. The van der Waals surface area contributed by atoms with Gasteiger partial charge in [0.1, 0.15) is 10.9 Å². The number of para-hydroxylation sites is 1. The molecule has 0 aliphatic rings. The van der Waals surface area contributed by atoms with E-state index < -0.39 is 0 Å². The Labute approximate surface area is 179 Å². The summed E-state index contributed by atoms with van der Waals surface area (Å²) in [6.07, 6.45) is 1.15. The fourth-order valence-corrected chi connectivity index (χ4v) is 4.19. The van der Waals surface area contributed by atoms with E-state index in [0.29, 0.717) is 18.0 Å². The number of fused-ring (bicyclic) bond motifs is 1. The fourth-order valence-electron chi connectivity index (χ4n) is 3.19. The van der Waals surface area contributed by atoms with Gasteiger partial charge >= 0.3 is 0 Å². The van der Waals surface area contributed by atoms with Crippen LogP contribution >= 0.6 is 11.8 Å². The Morgan fingerprint density at radius 2 is 1.83 bits per heavy atom. The molecule has 0 aliphatic heterocycles. The molecular formula is C23H23N5OS. The molecular weight excluding hydrogens is 394 g/mol. The van der Waals surface area contributed by atoms with E-state index in [1.807, 2.05) is 68.4 Å². The molecule has 7 heteroatoms. The van der Waals surface area contributed by atoms with Gasteiger partial charge in [0.25, 0.3) is 5.78 Å². The van der Waals surface area contributed by atoms with Gasteiger partial charge < -0.3 is 5.32 Å². The van der Waals surface area contributed by atoms with Crippen LogP contribution in [0.15, 0.2) is 64.5 Å². The lowest BCUT2D eigenvalue weighted by atomic mass is 10.1. The Kier molecular flexibility index (Phi) is 5.81. The molecule has 30 heavy (non-hydrogen) atoms. The van der Waals surface area contributed by atoms with E-state index in [4.69, 9.17) is 0 Å². The number of aryl methyl sites for hydroxylation is 3. The summed E-state index contributed by atoms with van der Waals surface area (Å²) in [5.74, 6) is 1.23. The van der Waals surface area contributed by atoms with Crippen LogP contribution in [0.1, 0.15) is 29.6 Å². The molecule has 0 aliphatic carbocycles. The van der Waals surface area contributed by atoms with E-state index in [1.165, 1.54) is 0 Å². The van der Waals surface area contributed by atoms with Crippen molar-refractivity contribution in [1.82, 2.24) is 19.6 Å². The second kappa shape index (κ2) is 8.67. The molecule has 2 aromatic carbocycles. The first kappa shape index (κ1) is 20.1. The fraction of sp³-hybridized carbons (Fsp3) is 0.217. The Morgan fingerprint density at radius 1 is 1.07 bits per heavy atom. The van der Waals surface area contributed by atoms with Crippen molar-refractivity contribution in [2.75, 3.05) is 5.32 Å². The minimum Gasteiger partial charge on any atom is -0.325 e. The molecule has 0 saturated heterocycles. The number of hydrogen-bond acceptors (Lipinski definition) is 5. The maximum atomic E-state index is 12.7. The number of nitrogens with zero attached hydrogens (tertiary/aromatic N) is 4. The molecule has 4 rings (SSSR count). The van der Waals surface area contributed by atoms with Crippen LogP contribution in [-0.2, 0) is 17.6 Å². The van der Waals surface area contributed by atoms with E-state index in [1.54, 1.807) is 16.3 Å². The van der Waals surface area contributed by atoms with Crippen LogP contribution in [0, 0.1) is 13.8 Å². The molecule has 152 valence electrons. The molecule has 0 fully saturated rings. The number of hydrogen-bond donors (Lipinski definition) is 1. The molecule has 2 heterocycles. The minimum atomic E-state index is -0.0388. The zero-order chi connectivity index (χ0) is 21.1. The SMILES string of the molecule is CCc1cc(Sc2ccccc2NC(=O)Cc2ccccc2C)n2nc(C)nc2n1. The molecule has 0 radical (unpaired) electrons. The smallest absolute Gasteiger partial charge is 0.253 e. The molecule has 4 aromatic rings. The summed E-state index contributed by atoms with van der Waals surface area (Å²) in [4.78, 5) is 22.6. The Morgan fingerprint density at radius 3 is 2.63 bits per heavy atom. The molecule has 0 bridgehead atoms. The van der Waals surface area contributed by atoms with E-state index in [-0.39, 0.29) is 5.91 Å². The number of benzene rings is 2. The van der Waals surface area contributed by atoms with E-state index in [9.17, 15) is 4.79 Å². The predicted octanol–water partition coefficient (Wildman–Crippen LogP) is 4.64. The number of nitrogens with one attached hydrogen (secondary N) is 1. The third kappa shape index (κ3) is 4.36. The Hall–Kier alpha value is -3.19. The summed E-state index contributed by atoms with van der Waals surface area (Å²) in [6.45, 7) is 5.94. The van der Waals surface area contributed by atoms with E-state index in [0.717, 1.165) is 38.9 Å². The maximum Gasteiger partial charge on any atom is 0.253 e. The Bertz CT molecular complexity index is 1220. The lowest BCUT2D eigenvalue weighted by molar-refractivity contribution is -0.115. The van der Waals surface area contributed by atoms with Crippen LogP contribution in [-0.4, -0.2) is 25.5 Å². The number of rotatable bonds is 6. The largest absolute Gasteiger partial charge is 0.325 e. The summed E-state index contributed by atoms with van der Waals surface area (Å²) in [6, 6.07) is 17.8. The van der Waals surface area contributed by atoms with Gasteiger partial charge in [0.05, 0.1) is 12.1 Å². The topological polar surface area (TPSA) is 72.2 Å². The zero-order valence-corrected chi connectivity index (χ0v) is 18.0. The van der Waals surface area contributed by atoms with Crippen LogP contribution in [0.3, 0.4) is 0 Å². The first-order valence-electron chi connectivity index (χ1n) is 9.88. The molecule has 0 unspecified atom stereocenters. The Balaban J connectivity index is 1.61. The third-order valence-corrected chi connectivity index (χ3v) is 5.86. The quantitative estimate of drug-likeness (QED) is 0.463. The van der Waals surface area contributed by atoms with Gasteiger partial charge in [-0.3, -0.25) is 4.79 Å². The van der Waals surface area contributed by atoms with Crippen LogP contribution in [0.5, 0.6) is 0 Å². The third-order valence-electron chi connectivity index (χ3n) is 4.79. The van der Waals surface area contributed by atoms with Crippen LogP contribution < -0.4 is 5.32 Å². The van der Waals surface area contributed by atoms with Crippen LogP contribution in [0.4, 0.5) is 5.69 Å². The van der Waals surface area contributed by atoms with Gasteiger partial charge in [0.15, 0.2) is 0 Å². The van der Waals surface area contributed by atoms with E-state index >= 15 is 0 Å². The standard InChI is InChI=1S/C23H23N5OS/c1-4-18-14-22(28-23(25-18)24-16(3)27-28)30-20-12-8-7-11-19(20)26-21(29)13-17-10-6-5-9-15(17)2/h5-12,14H,4,13H2,1-3H3,(H,26,29). The maximum absolute atomic E-state index is 12.7. The van der Waals surface area contributed by atoms with Crippen LogP contribution in [0.25, 0.3) is 5.78 Å². The number of aromatic nitrogens is 4. The van der Waals surface area contributed by atoms with Gasteiger partial charge in [-0.2, -0.15) is 9.50 Å². The highest BCUT2D eigenvalue weighted by molar-refractivity contribution is 7.99. The summed E-state index contributed by atoms with van der Waals surface area (Å²) in [5, 5.41) is 8.46. The van der Waals surface area contributed by atoms with Gasteiger partial charge in [-0.05, 0) is 49.6 Å². The zero-order valence-electron chi connectivity index (χ0n) is 17.2. The second-order valence-corrected chi connectivity index (χ2v) is 8.12. The molecule has 0 spiro atoms. The van der Waals surface area contributed by atoms with Gasteiger partial charge in [0.2, 0.25) is 5.91 Å². The summed E-state index contributed by atoms with van der Waals surface area (Å²) >= 11 is 1.54. The molecule has 2 aromatic heterocycles. The van der Waals surface area contributed by atoms with Gasteiger partial charge in [0, 0.05) is 10.6 Å². The summed E-state index contributed by atoms with van der Waals surface area (Å²) in [5.41, 5.74) is 3.88. The van der Waals surface area contributed by atoms with Gasteiger partial charge in [-0.15, -0.1) is 5.10 Å². The molecule has 0 atom stereocenters. The van der Waals surface area contributed by atoms with Crippen molar-refractivity contribution in [2.45, 2.75) is 43.5 Å². The lowest BCUT2D eigenvalue weighted by Gasteiger charge is -2.12. The van der Waals surface area contributed by atoms with Crippen molar-refractivity contribution < 1.29 is 4.79 Å². The number of anilines is 1. The lowest BCUT2D eigenvalue weighted by Crippen LogP contribution is -2.15. The van der Waals surface area contributed by atoms with Crippen molar-refractivity contribution in [3.63, 3.8) is 0 Å². The molecule has 0 saturated carbocycles. The molecule has 1 amide bonds. The van der Waals surface area contributed by atoms with Crippen molar-refractivity contribution >= 4 is 29.1 Å². The first-order chi connectivity index (χ1) is 14.5. The monoisotopic (exact) mass is 417 g/mol. The highest BCUT2D eigenvalue weighted by Gasteiger charge is 2.14. The molecule has 1 N–H and O–H groups in total. The highest BCUT2D eigenvalue weighted by atomic mass is 32.2. The second-order valence-electron chi connectivity index (χ2n) is 7.06. The average molecular weight is 418 g/mol. The first-order valence-corrected chi connectivity index (χ1v) is 10.7. The minimum absolute atomic E-state index is 0.0388. The number of carbonyl (C=O) groups excluding carboxylic acids is 1. The van der Waals surface area contributed by atoms with Crippen molar-refractivity contribution in [2.24, 2.45) is 0 Å². The predicted molar refractivity (Wildman–Crippen MR) is 119 cm³/mol. The van der Waals surface area contributed by atoms with Gasteiger partial charge in [-0.1, -0.05) is 55.1 Å². The number of amides is 1. The van der Waals surface area contributed by atoms with Crippen molar-refractivity contribution in [3.8, 4) is 0 Å². The molecule has 6 nitrogen and oxygen atoms in total. The van der Waals surface area contributed by atoms with Crippen molar-refractivity contribution in [3.05, 3.63) is 77.2 Å². The van der Waals surface area contributed by atoms with Gasteiger partial charge in [-0.25, -0.2) is 4.98 Å². The number of carbonyl (C=O) groups is 1.